The van der Waals surface area contributed by atoms with E-state index in [-0.39, 0.29) is 5.76 Å². The average Bonchev–Trinajstić information content (AvgIpc) is 2.32. The zero-order chi connectivity index (χ0) is 8.48. The van der Waals surface area contributed by atoms with Gasteiger partial charge in [0.25, 0.3) is 0 Å². The molecule has 0 aromatic carbocycles. The van der Waals surface area contributed by atoms with Crippen LogP contribution in [0.25, 0.3) is 0 Å². The van der Waals surface area contributed by atoms with Crippen molar-refractivity contribution in [2.45, 2.75) is 5.09 Å². The Balaban J connectivity index is 3.18. The zero-order valence-corrected chi connectivity index (χ0v) is 6.00. The van der Waals surface area contributed by atoms with Crippen LogP contribution in [0.3, 0.4) is 0 Å². The molecule has 0 saturated heterocycles. The molecule has 1 aromatic rings. The molecule has 0 spiro atoms. The van der Waals surface area contributed by atoms with Crippen LogP contribution in [0, 0.1) is 0 Å². The number of hydrogen-bond acceptors (Lipinski definition) is 5. The highest BCUT2D eigenvalue weighted by atomic mass is 32.2. The third kappa shape index (κ3) is 1.66. The van der Waals surface area contributed by atoms with Crippen molar-refractivity contribution in [3.05, 3.63) is 17.9 Å². The summed E-state index contributed by atoms with van der Waals surface area (Å²) >= 11 is 0. The standard InChI is InChI=1S/C5H4O5S/c6-3-4-1-2-5(10-4)11(7,8)9/h1-3H,(H,7,8,9)/p-1. The molecule has 0 aliphatic carbocycles. The fourth-order valence-electron chi connectivity index (χ4n) is 0.532. The van der Waals surface area contributed by atoms with Crippen LogP contribution < -0.4 is 0 Å². The van der Waals surface area contributed by atoms with Crippen LogP contribution in [0.5, 0.6) is 0 Å². The summed E-state index contributed by atoms with van der Waals surface area (Å²) in [5, 5.41) is -0.736. The highest BCUT2D eigenvalue weighted by molar-refractivity contribution is 7.85. The van der Waals surface area contributed by atoms with Gasteiger partial charge in [0.15, 0.2) is 22.2 Å². The van der Waals surface area contributed by atoms with Crippen LogP contribution in [0.4, 0.5) is 0 Å². The lowest BCUT2D eigenvalue weighted by Crippen LogP contribution is -1.95. The quantitative estimate of drug-likeness (QED) is 0.466. The Morgan fingerprint density at radius 3 is 2.36 bits per heavy atom. The van der Waals surface area contributed by atoms with E-state index < -0.39 is 15.2 Å². The van der Waals surface area contributed by atoms with Crippen molar-refractivity contribution in [3.63, 3.8) is 0 Å². The minimum absolute atomic E-state index is 0.181. The van der Waals surface area contributed by atoms with Crippen molar-refractivity contribution < 1.29 is 22.2 Å². The molecule has 0 atom stereocenters. The number of furan rings is 1. The van der Waals surface area contributed by atoms with Gasteiger partial charge in [0, 0.05) is 0 Å². The third-order valence-electron chi connectivity index (χ3n) is 0.965. The van der Waals surface area contributed by atoms with Crippen LogP contribution >= 0.6 is 0 Å². The summed E-state index contributed by atoms with van der Waals surface area (Å²) in [6.07, 6.45) is 0.314. The SMILES string of the molecule is O=Cc1ccc(S(=O)(=O)[O-])o1. The maximum Gasteiger partial charge on any atom is 0.206 e. The largest absolute Gasteiger partial charge is 0.742 e. The van der Waals surface area contributed by atoms with E-state index >= 15 is 0 Å². The van der Waals surface area contributed by atoms with Gasteiger partial charge in [-0.15, -0.1) is 0 Å². The Morgan fingerprint density at radius 1 is 1.45 bits per heavy atom. The predicted octanol–water partition coefficient (Wildman–Crippen LogP) is -0.00380. The monoisotopic (exact) mass is 175 g/mol. The van der Waals surface area contributed by atoms with Crippen LogP contribution in [0.15, 0.2) is 21.6 Å². The van der Waals surface area contributed by atoms with Crippen molar-refractivity contribution in [3.8, 4) is 0 Å². The molecule has 0 unspecified atom stereocenters. The number of carbonyl (C=O) groups excluding carboxylic acids is 1. The van der Waals surface area contributed by atoms with Crippen molar-refractivity contribution >= 4 is 16.4 Å². The van der Waals surface area contributed by atoms with Crippen molar-refractivity contribution in [1.29, 1.82) is 0 Å². The number of rotatable bonds is 2. The molecule has 0 amide bonds. The fourth-order valence-corrected chi connectivity index (χ4v) is 0.965. The van der Waals surface area contributed by atoms with E-state index in [1.807, 2.05) is 0 Å². The Kier molecular flexibility index (Phi) is 1.79. The second kappa shape index (κ2) is 2.48. The first-order valence-electron chi connectivity index (χ1n) is 2.55. The molecule has 0 aliphatic rings. The lowest BCUT2D eigenvalue weighted by atomic mass is 10.5. The first-order valence-corrected chi connectivity index (χ1v) is 3.96. The van der Waals surface area contributed by atoms with Gasteiger partial charge in [0.05, 0.1) is 0 Å². The summed E-state index contributed by atoms with van der Waals surface area (Å²) in [6, 6.07) is 2.05. The van der Waals surface area contributed by atoms with Crippen molar-refractivity contribution in [2.24, 2.45) is 0 Å². The van der Waals surface area contributed by atoms with Gasteiger partial charge in [0.1, 0.15) is 0 Å². The molecule has 5 nitrogen and oxygen atoms in total. The third-order valence-corrected chi connectivity index (χ3v) is 1.68. The van der Waals surface area contributed by atoms with E-state index in [0.29, 0.717) is 6.29 Å². The molecular weight excluding hydrogens is 172 g/mol. The van der Waals surface area contributed by atoms with Crippen molar-refractivity contribution in [1.82, 2.24) is 0 Å². The van der Waals surface area contributed by atoms with Crippen LogP contribution in [0.1, 0.15) is 10.6 Å². The predicted molar refractivity (Wildman–Crippen MR) is 32.1 cm³/mol. The number of carbonyl (C=O) groups is 1. The molecule has 0 N–H and O–H groups in total. The number of aldehydes is 1. The Morgan fingerprint density at radius 2 is 2.09 bits per heavy atom. The van der Waals surface area contributed by atoms with Gasteiger partial charge < -0.3 is 8.97 Å². The molecule has 1 aromatic heterocycles. The van der Waals surface area contributed by atoms with Gasteiger partial charge in [0.2, 0.25) is 5.09 Å². The van der Waals surface area contributed by atoms with Gasteiger partial charge in [-0.1, -0.05) is 0 Å². The van der Waals surface area contributed by atoms with E-state index in [9.17, 15) is 17.8 Å². The highest BCUT2D eigenvalue weighted by Gasteiger charge is 2.06. The van der Waals surface area contributed by atoms with Gasteiger partial charge in [-0.3, -0.25) is 4.79 Å². The van der Waals surface area contributed by atoms with E-state index in [0.717, 1.165) is 12.1 Å². The molecule has 6 heteroatoms. The molecular formula is C5H3O5S-. The minimum atomic E-state index is -4.57. The molecule has 0 aliphatic heterocycles. The summed E-state index contributed by atoms with van der Waals surface area (Å²) in [7, 11) is -4.57. The van der Waals surface area contributed by atoms with Crippen molar-refractivity contribution in [2.75, 3.05) is 0 Å². The maximum absolute atomic E-state index is 10.2. The molecule has 60 valence electrons. The molecule has 0 saturated carbocycles. The number of hydrogen-bond donors (Lipinski definition) is 0. The average molecular weight is 175 g/mol. The van der Waals surface area contributed by atoms with E-state index in [4.69, 9.17) is 0 Å². The van der Waals surface area contributed by atoms with E-state index in [1.54, 1.807) is 0 Å². The van der Waals surface area contributed by atoms with Crippen LogP contribution in [-0.2, 0) is 10.1 Å². The molecule has 0 radical (unpaired) electrons. The first kappa shape index (κ1) is 7.96. The molecule has 1 rings (SSSR count). The lowest BCUT2D eigenvalue weighted by molar-refractivity contribution is 0.109. The van der Waals surface area contributed by atoms with Gasteiger partial charge >= 0.3 is 0 Å². The summed E-state index contributed by atoms with van der Waals surface area (Å²) in [5.74, 6) is -0.181. The van der Waals surface area contributed by atoms with Crippen LogP contribution in [0.2, 0.25) is 0 Å². The fraction of sp³-hybridized carbons (Fsp3) is 0. The van der Waals surface area contributed by atoms with Gasteiger partial charge in [-0.25, -0.2) is 8.42 Å². The van der Waals surface area contributed by atoms with E-state index in [1.165, 1.54) is 0 Å². The second-order valence-corrected chi connectivity index (χ2v) is 3.04. The molecule has 11 heavy (non-hydrogen) atoms. The Bertz CT molecular complexity index is 360. The minimum Gasteiger partial charge on any atom is -0.742 e. The van der Waals surface area contributed by atoms with Crippen LogP contribution in [-0.4, -0.2) is 19.3 Å². The van der Waals surface area contributed by atoms with Gasteiger partial charge in [-0.2, -0.15) is 0 Å². The molecule has 1 heterocycles. The highest BCUT2D eigenvalue weighted by Crippen LogP contribution is 2.10. The lowest BCUT2D eigenvalue weighted by Gasteiger charge is -1.99. The summed E-state index contributed by atoms with van der Waals surface area (Å²) in [4.78, 5) is 9.96. The topological polar surface area (TPSA) is 87.4 Å². The molecule has 0 fully saturated rings. The summed E-state index contributed by atoms with van der Waals surface area (Å²) in [5.41, 5.74) is 0. The Labute approximate surface area is 62.4 Å². The zero-order valence-electron chi connectivity index (χ0n) is 5.18. The first-order chi connectivity index (χ1) is 5.04. The smallest absolute Gasteiger partial charge is 0.206 e. The summed E-state index contributed by atoms with van der Waals surface area (Å²) < 4.78 is 34.9. The van der Waals surface area contributed by atoms with Gasteiger partial charge in [-0.05, 0) is 12.1 Å². The second-order valence-electron chi connectivity index (χ2n) is 1.73. The Hall–Kier alpha value is -1.14. The van der Waals surface area contributed by atoms with E-state index in [2.05, 4.69) is 4.42 Å². The molecule has 0 bridgehead atoms. The maximum atomic E-state index is 10.2. The summed E-state index contributed by atoms with van der Waals surface area (Å²) in [6.45, 7) is 0. The normalized spacial score (nSPS) is 11.4.